The maximum Gasteiger partial charge on any atom is 0.322 e. The van der Waals surface area contributed by atoms with Crippen molar-refractivity contribution in [3.05, 3.63) is 0 Å². The predicted molar refractivity (Wildman–Crippen MR) is 38.0 cm³/mol. The first-order valence-corrected chi connectivity index (χ1v) is 3.30. The third-order valence-electron chi connectivity index (χ3n) is 1.82. The van der Waals surface area contributed by atoms with E-state index in [2.05, 4.69) is 4.74 Å². The zero-order valence-electron chi connectivity index (χ0n) is 6.88. The maximum absolute atomic E-state index is 10.9. The summed E-state index contributed by atoms with van der Waals surface area (Å²) in [6.07, 6.45) is 0.231. The number of carboxylic acids is 1. The monoisotopic (exact) mass is 160 g/mol. The van der Waals surface area contributed by atoms with Gasteiger partial charge in [0.2, 0.25) is 0 Å². The highest BCUT2D eigenvalue weighted by atomic mass is 16.5. The Morgan fingerprint density at radius 3 is 2.09 bits per heavy atom. The zero-order chi connectivity index (χ0) is 9.07. The number of hydrogen-bond acceptors (Lipinski definition) is 3. The van der Waals surface area contributed by atoms with E-state index in [0.29, 0.717) is 0 Å². The first-order valence-electron chi connectivity index (χ1n) is 3.30. The summed E-state index contributed by atoms with van der Waals surface area (Å²) in [5, 5.41) is 8.63. The van der Waals surface area contributed by atoms with E-state index >= 15 is 0 Å². The molecule has 0 fully saturated rings. The van der Waals surface area contributed by atoms with Crippen LogP contribution < -0.4 is 0 Å². The third kappa shape index (κ3) is 1.69. The molecule has 4 heteroatoms. The van der Waals surface area contributed by atoms with Crippen LogP contribution in [0.15, 0.2) is 0 Å². The van der Waals surface area contributed by atoms with Gasteiger partial charge in [0.1, 0.15) is 0 Å². The molecule has 0 aromatic carbocycles. The molecule has 64 valence electrons. The molecule has 0 amide bonds. The quantitative estimate of drug-likeness (QED) is 0.486. The second kappa shape index (κ2) is 3.37. The molecule has 0 bridgehead atoms. The SMILES string of the molecule is CC[C@@](C)(C(=O)O)C(=O)OC. The Labute approximate surface area is 65.2 Å². The van der Waals surface area contributed by atoms with Crippen LogP contribution in [-0.2, 0) is 14.3 Å². The van der Waals surface area contributed by atoms with Crippen LogP contribution in [0.5, 0.6) is 0 Å². The summed E-state index contributed by atoms with van der Waals surface area (Å²) in [6.45, 7) is 2.98. The number of aliphatic carboxylic acids is 1. The van der Waals surface area contributed by atoms with Gasteiger partial charge in [-0.05, 0) is 13.3 Å². The van der Waals surface area contributed by atoms with Gasteiger partial charge in [0.05, 0.1) is 7.11 Å². The Kier molecular flexibility index (Phi) is 3.04. The van der Waals surface area contributed by atoms with Crippen molar-refractivity contribution in [2.75, 3.05) is 7.11 Å². The van der Waals surface area contributed by atoms with E-state index in [1.165, 1.54) is 14.0 Å². The molecule has 0 aliphatic heterocycles. The van der Waals surface area contributed by atoms with Crippen molar-refractivity contribution in [1.29, 1.82) is 0 Å². The van der Waals surface area contributed by atoms with Crippen LogP contribution in [0, 0.1) is 5.41 Å². The van der Waals surface area contributed by atoms with Crippen LogP contribution in [-0.4, -0.2) is 24.2 Å². The van der Waals surface area contributed by atoms with Gasteiger partial charge in [0, 0.05) is 0 Å². The molecule has 11 heavy (non-hydrogen) atoms. The number of carbonyl (C=O) groups is 2. The van der Waals surface area contributed by atoms with Crippen molar-refractivity contribution >= 4 is 11.9 Å². The van der Waals surface area contributed by atoms with Crippen LogP contribution in [0.3, 0.4) is 0 Å². The van der Waals surface area contributed by atoms with Gasteiger partial charge in [0.15, 0.2) is 5.41 Å². The summed E-state index contributed by atoms with van der Waals surface area (Å²) < 4.78 is 4.35. The molecule has 0 saturated carbocycles. The molecule has 0 aliphatic rings. The summed E-state index contributed by atoms with van der Waals surface area (Å²) >= 11 is 0. The minimum absolute atomic E-state index is 0.231. The summed E-state index contributed by atoms with van der Waals surface area (Å²) in [5.41, 5.74) is -1.39. The van der Waals surface area contributed by atoms with Gasteiger partial charge in [-0.2, -0.15) is 0 Å². The van der Waals surface area contributed by atoms with Gasteiger partial charge in [-0.1, -0.05) is 6.92 Å². The van der Waals surface area contributed by atoms with Crippen LogP contribution in [0.25, 0.3) is 0 Å². The van der Waals surface area contributed by atoms with Crippen LogP contribution in [0.2, 0.25) is 0 Å². The van der Waals surface area contributed by atoms with Crippen LogP contribution >= 0.6 is 0 Å². The summed E-state index contributed by atoms with van der Waals surface area (Å²) in [4.78, 5) is 21.5. The number of methoxy groups -OCH3 is 1. The van der Waals surface area contributed by atoms with E-state index < -0.39 is 17.4 Å². The van der Waals surface area contributed by atoms with E-state index in [9.17, 15) is 9.59 Å². The molecule has 0 heterocycles. The molecule has 0 aromatic rings. The van der Waals surface area contributed by atoms with E-state index in [0.717, 1.165) is 0 Å². The summed E-state index contributed by atoms with van der Waals surface area (Å²) in [6, 6.07) is 0. The van der Waals surface area contributed by atoms with Crippen molar-refractivity contribution < 1.29 is 19.4 Å². The Hall–Kier alpha value is -1.06. The second-order valence-corrected chi connectivity index (χ2v) is 2.48. The van der Waals surface area contributed by atoms with Gasteiger partial charge in [0.25, 0.3) is 0 Å². The van der Waals surface area contributed by atoms with Crippen molar-refractivity contribution in [3.63, 3.8) is 0 Å². The van der Waals surface area contributed by atoms with Crippen molar-refractivity contribution in [2.24, 2.45) is 5.41 Å². The lowest BCUT2D eigenvalue weighted by atomic mass is 9.88. The smallest absolute Gasteiger partial charge is 0.322 e. The fourth-order valence-corrected chi connectivity index (χ4v) is 0.608. The second-order valence-electron chi connectivity index (χ2n) is 2.48. The fraction of sp³-hybridized carbons (Fsp3) is 0.714. The molecule has 1 N–H and O–H groups in total. The lowest BCUT2D eigenvalue weighted by molar-refractivity contribution is -0.165. The van der Waals surface area contributed by atoms with Crippen molar-refractivity contribution in [2.45, 2.75) is 20.3 Å². The largest absolute Gasteiger partial charge is 0.480 e. The molecule has 0 unspecified atom stereocenters. The third-order valence-corrected chi connectivity index (χ3v) is 1.82. The van der Waals surface area contributed by atoms with Crippen molar-refractivity contribution in [3.8, 4) is 0 Å². The Morgan fingerprint density at radius 2 is 2.00 bits per heavy atom. The van der Waals surface area contributed by atoms with Crippen molar-refractivity contribution in [1.82, 2.24) is 0 Å². The number of esters is 1. The molecule has 0 saturated heterocycles. The van der Waals surface area contributed by atoms with Gasteiger partial charge in [-0.3, -0.25) is 9.59 Å². The molecule has 0 rings (SSSR count). The summed E-state index contributed by atoms with van der Waals surface area (Å²) in [5.74, 6) is -1.85. The maximum atomic E-state index is 10.9. The topological polar surface area (TPSA) is 63.6 Å². The van der Waals surface area contributed by atoms with E-state index in [1.807, 2.05) is 0 Å². The Bertz CT molecular complexity index is 175. The molecule has 0 radical (unpaired) electrons. The number of carbonyl (C=O) groups excluding carboxylic acids is 1. The highest BCUT2D eigenvalue weighted by molar-refractivity contribution is 5.98. The first kappa shape index (κ1) is 9.94. The highest BCUT2D eigenvalue weighted by Crippen LogP contribution is 2.22. The zero-order valence-corrected chi connectivity index (χ0v) is 6.88. The Balaban J connectivity index is 4.59. The number of hydrogen-bond donors (Lipinski definition) is 1. The number of ether oxygens (including phenoxy) is 1. The number of carboxylic acid groups (broad SMARTS) is 1. The lowest BCUT2D eigenvalue weighted by Gasteiger charge is -2.18. The van der Waals surface area contributed by atoms with Gasteiger partial charge in [-0.15, -0.1) is 0 Å². The highest BCUT2D eigenvalue weighted by Gasteiger charge is 2.40. The fourth-order valence-electron chi connectivity index (χ4n) is 0.608. The normalized spacial score (nSPS) is 15.2. The average Bonchev–Trinajstić information content (AvgIpc) is 2.01. The average molecular weight is 160 g/mol. The molecule has 0 spiro atoms. The molecule has 0 aromatic heterocycles. The van der Waals surface area contributed by atoms with Crippen LogP contribution in [0.4, 0.5) is 0 Å². The molecule has 1 atom stereocenters. The Morgan fingerprint density at radius 1 is 1.55 bits per heavy atom. The lowest BCUT2D eigenvalue weighted by Crippen LogP contribution is -2.36. The van der Waals surface area contributed by atoms with Gasteiger partial charge >= 0.3 is 11.9 Å². The van der Waals surface area contributed by atoms with E-state index in [4.69, 9.17) is 5.11 Å². The molecule has 4 nitrogen and oxygen atoms in total. The molecular formula is C7H12O4. The predicted octanol–water partition coefficient (Wildman–Crippen LogP) is 0.660. The van der Waals surface area contributed by atoms with Crippen LogP contribution in [0.1, 0.15) is 20.3 Å². The van der Waals surface area contributed by atoms with Gasteiger partial charge < -0.3 is 9.84 Å². The summed E-state index contributed by atoms with van der Waals surface area (Å²) in [7, 11) is 1.18. The minimum atomic E-state index is -1.39. The van der Waals surface area contributed by atoms with E-state index in [-0.39, 0.29) is 6.42 Å². The molecular weight excluding hydrogens is 148 g/mol. The minimum Gasteiger partial charge on any atom is -0.480 e. The first-order chi connectivity index (χ1) is 4.99. The standard InChI is InChI=1S/C7H12O4/c1-4-7(2,5(8)9)6(10)11-3/h4H2,1-3H3,(H,8,9)/t7-/m0/s1. The number of rotatable bonds is 3. The molecule has 0 aliphatic carbocycles. The van der Waals surface area contributed by atoms with Gasteiger partial charge in [-0.25, -0.2) is 0 Å². The van der Waals surface area contributed by atoms with E-state index in [1.54, 1.807) is 6.92 Å².